The molecule has 5 rings (SSSR count). The highest BCUT2D eigenvalue weighted by molar-refractivity contribution is 6.04. The molecule has 4 aromatic rings. The summed E-state index contributed by atoms with van der Waals surface area (Å²) in [4.78, 5) is 30.0. The first kappa shape index (κ1) is 22.5. The minimum atomic E-state index is -0.646. The zero-order chi connectivity index (χ0) is 24.4. The smallest absolute Gasteiger partial charge is 0.339 e. The maximum Gasteiger partial charge on any atom is 0.339 e. The van der Waals surface area contributed by atoms with Gasteiger partial charge in [-0.2, -0.15) is 5.10 Å². The molecule has 0 saturated heterocycles. The van der Waals surface area contributed by atoms with Crippen LogP contribution in [0.5, 0.6) is 11.5 Å². The Labute approximate surface area is 200 Å². The summed E-state index contributed by atoms with van der Waals surface area (Å²) >= 11 is 0. The molecule has 1 aromatic carbocycles. The van der Waals surface area contributed by atoms with Crippen molar-refractivity contribution in [2.45, 2.75) is 26.4 Å². The summed E-state index contributed by atoms with van der Waals surface area (Å²) in [5, 5.41) is 7.60. The predicted octanol–water partition coefficient (Wildman–Crippen LogP) is 3.52. The third-order valence-electron chi connectivity index (χ3n) is 5.49. The molecular formula is C25H24N4O6. The number of carbonyl (C=O) groups excluding carboxylic acids is 2. The average Bonchev–Trinajstić information content (AvgIpc) is 3.55. The lowest BCUT2D eigenvalue weighted by Crippen LogP contribution is -2.28. The van der Waals surface area contributed by atoms with Gasteiger partial charge in [-0.3, -0.25) is 4.79 Å². The molecule has 1 aliphatic rings. The van der Waals surface area contributed by atoms with Crippen LogP contribution >= 0.6 is 0 Å². The lowest BCUT2D eigenvalue weighted by atomic mass is 10.1. The second kappa shape index (κ2) is 9.49. The van der Waals surface area contributed by atoms with Crippen molar-refractivity contribution in [2.24, 2.45) is 0 Å². The SMILES string of the molecule is CC(C)n1ncc2c(C(=O)OCC(=O)NCc3ccco3)cc(-c3ccc4c(c3)OCCO4)nc21. The Morgan fingerprint density at radius 3 is 2.74 bits per heavy atom. The number of amides is 1. The Kier molecular flexibility index (Phi) is 6.09. The third-order valence-corrected chi connectivity index (χ3v) is 5.49. The fourth-order valence-corrected chi connectivity index (χ4v) is 3.77. The third kappa shape index (κ3) is 4.68. The molecule has 0 bridgehead atoms. The molecule has 0 atom stereocenters. The van der Waals surface area contributed by atoms with Crippen LogP contribution in [-0.2, 0) is 16.1 Å². The van der Waals surface area contributed by atoms with Crippen LogP contribution in [0.1, 0.15) is 36.0 Å². The monoisotopic (exact) mass is 476 g/mol. The van der Waals surface area contributed by atoms with E-state index in [0.717, 1.165) is 5.56 Å². The van der Waals surface area contributed by atoms with Gasteiger partial charge in [-0.15, -0.1) is 0 Å². The van der Waals surface area contributed by atoms with E-state index in [1.807, 2.05) is 32.0 Å². The number of carbonyl (C=O) groups is 2. The lowest BCUT2D eigenvalue weighted by molar-refractivity contribution is -0.124. The molecular weight excluding hydrogens is 452 g/mol. The standard InChI is InChI=1S/C25H24N4O6/c1-15(2)29-24-19(13-27-29)18(25(31)35-14-23(30)26-12-17-4-3-7-32-17)11-20(28-24)16-5-6-21-22(10-16)34-9-8-33-21/h3-7,10-11,13,15H,8-9,12,14H2,1-2H3,(H,26,30). The van der Waals surface area contributed by atoms with Crippen LogP contribution in [0, 0.1) is 0 Å². The predicted molar refractivity (Wildman–Crippen MR) is 125 cm³/mol. The van der Waals surface area contributed by atoms with Crippen molar-refractivity contribution in [3.8, 4) is 22.8 Å². The highest BCUT2D eigenvalue weighted by atomic mass is 16.6. The molecule has 1 N–H and O–H groups in total. The average molecular weight is 476 g/mol. The summed E-state index contributed by atoms with van der Waals surface area (Å²) in [6, 6.07) is 10.6. The molecule has 10 heteroatoms. The number of ether oxygens (including phenoxy) is 3. The van der Waals surface area contributed by atoms with Gasteiger partial charge in [0, 0.05) is 11.6 Å². The van der Waals surface area contributed by atoms with Crippen LogP contribution < -0.4 is 14.8 Å². The van der Waals surface area contributed by atoms with Crippen molar-refractivity contribution in [1.82, 2.24) is 20.1 Å². The zero-order valence-electron chi connectivity index (χ0n) is 19.3. The minimum absolute atomic E-state index is 0.0202. The molecule has 0 fully saturated rings. The van der Waals surface area contributed by atoms with Gasteiger partial charge < -0.3 is 23.9 Å². The topological polar surface area (TPSA) is 118 Å². The van der Waals surface area contributed by atoms with E-state index in [0.29, 0.717) is 47.2 Å². The van der Waals surface area contributed by atoms with Gasteiger partial charge in [-0.05, 0) is 50.2 Å². The maximum absolute atomic E-state index is 13.1. The molecule has 1 amide bonds. The Bertz CT molecular complexity index is 1380. The molecule has 0 aliphatic carbocycles. The summed E-state index contributed by atoms with van der Waals surface area (Å²) in [7, 11) is 0. The fourth-order valence-electron chi connectivity index (χ4n) is 3.77. The summed E-state index contributed by atoms with van der Waals surface area (Å²) in [6.07, 6.45) is 3.11. The van der Waals surface area contributed by atoms with Gasteiger partial charge >= 0.3 is 5.97 Å². The van der Waals surface area contributed by atoms with Crippen LogP contribution in [0.4, 0.5) is 0 Å². The number of furan rings is 1. The van der Waals surface area contributed by atoms with E-state index in [9.17, 15) is 9.59 Å². The van der Waals surface area contributed by atoms with Gasteiger partial charge in [-0.1, -0.05) is 0 Å². The number of fused-ring (bicyclic) bond motifs is 2. The molecule has 10 nitrogen and oxygen atoms in total. The van der Waals surface area contributed by atoms with Gasteiger partial charge in [-0.25, -0.2) is 14.5 Å². The number of rotatable bonds is 7. The number of benzene rings is 1. The summed E-state index contributed by atoms with van der Waals surface area (Å²) in [5.41, 5.74) is 2.11. The molecule has 35 heavy (non-hydrogen) atoms. The Morgan fingerprint density at radius 1 is 1.14 bits per heavy atom. The van der Waals surface area contributed by atoms with Crippen LogP contribution in [-0.4, -0.2) is 46.5 Å². The number of nitrogens with zero attached hydrogens (tertiary/aromatic N) is 3. The molecule has 0 spiro atoms. The Morgan fingerprint density at radius 2 is 1.97 bits per heavy atom. The fraction of sp³-hybridized carbons (Fsp3) is 0.280. The van der Waals surface area contributed by atoms with Crippen LogP contribution in [0.25, 0.3) is 22.3 Å². The van der Waals surface area contributed by atoms with E-state index in [2.05, 4.69) is 10.4 Å². The molecule has 0 unspecified atom stereocenters. The first-order valence-corrected chi connectivity index (χ1v) is 11.2. The van der Waals surface area contributed by atoms with Gasteiger partial charge in [0.2, 0.25) is 0 Å². The van der Waals surface area contributed by atoms with E-state index < -0.39 is 18.5 Å². The van der Waals surface area contributed by atoms with E-state index in [1.165, 1.54) is 6.26 Å². The minimum Gasteiger partial charge on any atom is -0.486 e. The number of hydrogen-bond acceptors (Lipinski definition) is 8. The Hall–Kier alpha value is -4.34. The van der Waals surface area contributed by atoms with Crippen molar-refractivity contribution in [3.63, 3.8) is 0 Å². The molecule has 1 aliphatic heterocycles. The van der Waals surface area contributed by atoms with Crippen molar-refractivity contribution < 1.29 is 28.2 Å². The second-order valence-corrected chi connectivity index (χ2v) is 8.27. The van der Waals surface area contributed by atoms with E-state index in [-0.39, 0.29) is 18.2 Å². The first-order chi connectivity index (χ1) is 17.0. The molecule has 180 valence electrons. The van der Waals surface area contributed by atoms with Gasteiger partial charge in [0.1, 0.15) is 19.0 Å². The first-order valence-electron chi connectivity index (χ1n) is 11.2. The molecule has 4 heterocycles. The maximum atomic E-state index is 13.1. The van der Waals surface area contributed by atoms with E-state index >= 15 is 0 Å². The van der Waals surface area contributed by atoms with Crippen LogP contribution in [0.2, 0.25) is 0 Å². The van der Waals surface area contributed by atoms with Crippen molar-refractivity contribution in [2.75, 3.05) is 19.8 Å². The van der Waals surface area contributed by atoms with Gasteiger partial charge in [0.15, 0.2) is 23.8 Å². The van der Waals surface area contributed by atoms with Crippen LogP contribution in [0.3, 0.4) is 0 Å². The number of pyridine rings is 1. The molecule has 3 aromatic heterocycles. The van der Waals surface area contributed by atoms with Crippen LogP contribution in [0.15, 0.2) is 53.3 Å². The summed E-state index contributed by atoms with van der Waals surface area (Å²) < 4.78 is 23.6. The normalized spacial score (nSPS) is 12.7. The second-order valence-electron chi connectivity index (χ2n) is 8.27. The largest absolute Gasteiger partial charge is 0.486 e. The number of aromatic nitrogens is 3. The van der Waals surface area contributed by atoms with E-state index in [4.69, 9.17) is 23.6 Å². The van der Waals surface area contributed by atoms with Gasteiger partial charge in [0.25, 0.3) is 5.91 Å². The highest BCUT2D eigenvalue weighted by Crippen LogP contribution is 2.35. The quantitative estimate of drug-likeness (QED) is 0.403. The number of hydrogen-bond donors (Lipinski definition) is 1. The summed E-state index contributed by atoms with van der Waals surface area (Å²) in [6.45, 7) is 4.69. The van der Waals surface area contributed by atoms with E-state index in [1.54, 1.807) is 29.1 Å². The zero-order valence-corrected chi connectivity index (χ0v) is 19.3. The van der Waals surface area contributed by atoms with Gasteiger partial charge in [0.05, 0.1) is 35.6 Å². The molecule has 0 saturated carbocycles. The summed E-state index contributed by atoms with van der Waals surface area (Å²) in [5.74, 6) is 0.794. The van der Waals surface area contributed by atoms with Crippen molar-refractivity contribution in [1.29, 1.82) is 0 Å². The lowest BCUT2D eigenvalue weighted by Gasteiger charge is -2.19. The number of nitrogens with one attached hydrogen (secondary N) is 1. The van der Waals surface area contributed by atoms with Crippen molar-refractivity contribution >= 4 is 22.9 Å². The van der Waals surface area contributed by atoms with Crippen molar-refractivity contribution in [3.05, 3.63) is 60.2 Å². The highest BCUT2D eigenvalue weighted by Gasteiger charge is 2.21. The molecule has 0 radical (unpaired) electrons. The number of esters is 1. The Balaban J connectivity index is 1.42.